The maximum atomic E-state index is 12.5. The molecule has 102 valence electrons. The van der Waals surface area contributed by atoms with Gasteiger partial charge in [-0.2, -0.15) is 0 Å². The molecule has 1 aromatic carbocycles. The third kappa shape index (κ3) is 2.25. The first kappa shape index (κ1) is 12.7. The van der Waals surface area contributed by atoms with Gasteiger partial charge in [0, 0.05) is 11.9 Å². The zero-order chi connectivity index (χ0) is 14.2. The van der Waals surface area contributed by atoms with E-state index in [1.165, 1.54) is 0 Å². The molecular weight excluding hydrogens is 250 g/mol. The zero-order valence-corrected chi connectivity index (χ0v) is 11.4. The van der Waals surface area contributed by atoms with Crippen LogP contribution in [0.2, 0.25) is 0 Å². The summed E-state index contributed by atoms with van der Waals surface area (Å²) in [4.78, 5) is 16.6. The molecule has 4 nitrogen and oxygen atoms in total. The van der Waals surface area contributed by atoms with Crippen LogP contribution in [-0.2, 0) is 10.2 Å². The highest BCUT2D eigenvalue weighted by Gasteiger charge is 2.51. The third-order valence-corrected chi connectivity index (χ3v) is 3.78. The van der Waals surface area contributed by atoms with Gasteiger partial charge >= 0.3 is 0 Å². The molecule has 1 fully saturated rings. The Balaban J connectivity index is 1.81. The van der Waals surface area contributed by atoms with Gasteiger partial charge in [-0.15, -0.1) is 0 Å². The molecule has 0 radical (unpaired) electrons. The molecule has 20 heavy (non-hydrogen) atoms. The molecule has 1 heterocycles. The van der Waals surface area contributed by atoms with Crippen molar-refractivity contribution in [1.82, 2.24) is 4.98 Å². The molecule has 0 unspecified atom stereocenters. The highest BCUT2D eigenvalue weighted by molar-refractivity contribution is 6.01. The van der Waals surface area contributed by atoms with Gasteiger partial charge in [0.1, 0.15) is 0 Å². The third-order valence-electron chi connectivity index (χ3n) is 3.78. The minimum absolute atomic E-state index is 0.0367. The van der Waals surface area contributed by atoms with Crippen LogP contribution in [0.1, 0.15) is 24.0 Å². The van der Waals surface area contributed by atoms with Crippen molar-refractivity contribution in [1.29, 1.82) is 0 Å². The summed E-state index contributed by atoms with van der Waals surface area (Å²) in [7, 11) is 0. The fourth-order valence-electron chi connectivity index (χ4n) is 2.45. The Kier molecular flexibility index (Phi) is 2.93. The minimum Gasteiger partial charge on any atom is -0.399 e. The summed E-state index contributed by atoms with van der Waals surface area (Å²) in [5.74, 6) is 0.0367. The van der Waals surface area contributed by atoms with Crippen molar-refractivity contribution in [2.75, 3.05) is 11.1 Å². The van der Waals surface area contributed by atoms with E-state index in [2.05, 4.69) is 10.3 Å². The largest absolute Gasteiger partial charge is 0.399 e. The summed E-state index contributed by atoms with van der Waals surface area (Å²) < 4.78 is 0. The van der Waals surface area contributed by atoms with E-state index >= 15 is 0 Å². The van der Waals surface area contributed by atoms with E-state index in [4.69, 9.17) is 5.73 Å². The van der Waals surface area contributed by atoms with E-state index in [0.717, 1.165) is 29.7 Å². The Morgan fingerprint density at radius 1 is 1.25 bits per heavy atom. The monoisotopic (exact) mass is 267 g/mol. The van der Waals surface area contributed by atoms with Gasteiger partial charge < -0.3 is 11.1 Å². The Morgan fingerprint density at radius 3 is 2.55 bits per heavy atom. The lowest BCUT2D eigenvalue weighted by Gasteiger charge is -2.16. The van der Waals surface area contributed by atoms with Crippen LogP contribution in [0, 0.1) is 6.92 Å². The number of nitrogens with one attached hydrogen (secondary N) is 1. The molecule has 0 spiro atoms. The summed E-state index contributed by atoms with van der Waals surface area (Å²) in [6, 6.07) is 9.49. The van der Waals surface area contributed by atoms with E-state index in [9.17, 15) is 4.79 Å². The summed E-state index contributed by atoms with van der Waals surface area (Å²) in [5.41, 5.74) is 8.83. The molecule has 3 rings (SSSR count). The van der Waals surface area contributed by atoms with Crippen molar-refractivity contribution >= 4 is 17.3 Å². The molecule has 0 aliphatic heterocycles. The van der Waals surface area contributed by atoms with Crippen LogP contribution in [0.25, 0.3) is 0 Å². The normalized spacial score (nSPS) is 15.7. The maximum absolute atomic E-state index is 12.5. The standard InChI is InChI=1S/C16H17N3O/c1-11-8-14(10-18-9-11)19-15(20)16(6-7-16)12-2-4-13(17)5-3-12/h2-5,8-10H,6-7,17H2,1H3,(H,19,20). The quantitative estimate of drug-likeness (QED) is 0.840. The summed E-state index contributed by atoms with van der Waals surface area (Å²) in [6.45, 7) is 1.95. The number of nitrogens with two attached hydrogens (primary N) is 1. The predicted octanol–water partition coefficient (Wildman–Crippen LogP) is 2.64. The Morgan fingerprint density at radius 2 is 1.95 bits per heavy atom. The number of nitrogens with zero attached hydrogens (tertiary/aromatic N) is 1. The van der Waals surface area contributed by atoms with Crippen LogP contribution in [0.4, 0.5) is 11.4 Å². The van der Waals surface area contributed by atoms with E-state index < -0.39 is 5.41 Å². The second-order valence-corrected chi connectivity index (χ2v) is 5.41. The molecule has 2 aromatic rings. The van der Waals surface area contributed by atoms with Crippen molar-refractivity contribution in [3.05, 3.63) is 53.9 Å². The first-order valence-electron chi connectivity index (χ1n) is 6.69. The van der Waals surface area contributed by atoms with Crippen LogP contribution >= 0.6 is 0 Å². The lowest BCUT2D eigenvalue weighted by Crippen LogP contribution is -2.27. The molecule has 0 bridgehead atoms. The lowest BCUT2D eigenvalue weighted by atomic mass is 9.94. The first-order valence-corrected chi connectivity index (χ1v) is 6.69. The molecule has 1 amide bonds. The van der Waals surface area contributed by atoms with Crippen molar-refractivity contribution in [2.45, 2.75) is 25.2 Å². The van der Waals surface area contributed by atoms with Gasteiger partial charge in [0.05, 0.1) is 17.3 Å². The molecule has 1 aliphatic carbocycles. The van der Waals surface area contributed by atoms with Crippen LogP contribution in [0.15, 0.2) is 42.7 Å². The summed E-state index contributed by atoms with van der Waals surface area (Å²) >= 11 is 0. The number of anilines is 2. The summed E-state index contributed by atoms with van der Waals surface area (Å²) in [6.07, 6.45) is 5.19. The molecule has 3 N–H and O–H groups in total. The van der Waals surface area contributed by atoms with E-state index in [0.29, 0.717) is 5.69 Å². The number of carbonyl (C=O) groups excluding carboxylic acids is 1. The lowest BCUT2D eigenvalue weighted by molar-refractivity contribution is -0.118. The maximum Gasteiger partial charge on any atom is 0.235 e. The number of aryl methyl sites for hydroxylation is 1. The average molecular weight is 267 g/mol. The Labute approximate surface area is 118 Å². The number of rotatable bonds is 3. The number of carbonyl (C=O) groups is 1. The van der Waals surface area contributed by atoms with Gasteiger partial charge in [0.2, 0.25) is 5.91 Å². The van der Waals surface area contributed by atoms with Gasteiger partial charge in [-0.3, -0.25) is 9.78 Å². The molecule has 1 aromatic heterocycles. The number of nitrogen functional groups attached to an aromatic ring is 1. The topological polar surface area (TPSA) is 68.0 Å². The van der Waals surface area contributed by atoms with Crippen LogP contribution in [0.3, 0.4) is 0 Å². The second kappa shape index (κ2) is 4.63. The van der Waals surface area contributed by atoms with E-state index in [-0.39, 0.29) is 5.91 Å². The fraction of sp³-hybridized carbons (Fsp3) is 0.250. The number of aromatic nitrogens is 1. The highest BCUT2D eigenvalue weighted by Crippen LogP contribution is 2.49. The van der Waals surface area contributed by atoms with E-state index in [1.807, 2.05) is 37.3 Å². The Bertz CT molecular complexity index is 645. The minimum atomic E-state index is -0.391. The number of hydrogen-bond donors (Lipinski definition) is 2. The van der Waals surface area contributed by atoms with Crippen LogP contribution < -0.4 is 11.1 Å². The van der Waals surface area contributed by atoms with Crippen LogP contribution in [-0.4, -0.2) is 10.9 Å². The number of amides is 1. The molecule has 1 saturated carbocycles. The fourth-order valence-corrected chi connectivity index (χ4v) is 2.45. The highest BCUT2D eigenvalue weighted by atomic mass is 16.2. The van der Waals surface area contributed by atoms with Crippen molar-refractivity contribution in [2.24, 2.45) is 0 Å². The smallest absolute Gasteiger partial charge is 0.235 e. The van der Waals surface area contributed by atoms with Crippen molar-refractivity contribution in [3.8, 4) is 0 Å². The van der Waals surface area contributed by atoms with Gasteiger partial charge in [-0.05, 0) is 49.1 Å². The molecular formula is C16H17N3O. The van der Waals surface area contributed by atoms with Crippen molar-refractivity contribution in [3.63, 3.8) is 0 Å². The van der Waals surface area contributed by atoms with Crippen molar-refractivity contribution < 1.29 is 4.79 Å². The zero-order valence-electron chi connectivity index (χ0n) is 11.4. The average Bonchev–Trinajstić information content (AvgIpc) is 3.21. The van der Waals surface area contributed by atoms with Gasteiger partial charge in [-0.1, -0.05) is 12.1 Å². The van der Waals surface area contributed by atoms with Gasteiger partial charge in [0.15, 0.2) is 0 Å². The number of hydrogen-bond acceptors (Lipinski definition) is 3. The molecule has 4 heteroatoms. The SMILES string of the molecule is Cc1cncc(NC(=O)C2(c3ccc(N)cc3)CC2)c1. The molecule has 0 atom stereocenters. The van der Waals surface area contributed by atoms with Gasteiger partial charge in [0.25, 0.3) is 0 Å². The van der Waals surface area contributed by atoms with Crippen LogP contribution in [0.5, 0.6) is 0 Å². The second-order valence-electron chi connectivity index (χ2n) is 5.41. The predicted molar refractivity (Wildman–Crippen MR) is 79.4 cm³/mol. The first-order chi connectivity index (χ1) is 9.60. The molecule has 0 saturated heterocycles. The Hall–Kier alpha value is -2.36. The van der Waals surface area contributed by atoms with Gasteiger partial charge in [-0.25, -0.2) is 0 Å². The van der Waals surface area contributed by atoms with E-state index in [1.54, 1.807) is 12.4 Å². The summed E-state index contributed by atoms with van der Waals surface area (Å²) in [5, 5.41) is 2.97. The number of pyridine rings is 1. The number of benzene rings is 1. The molecule has 1 aliphatic rings.